The summed E-state index contributed by atoms with van der Waals surface area (Å²) < 4.78 is 6.96. The van der Waals surface area contributed by atoms with Gasteiger partial charge < -0.3 is 10.1 Å². The number of nitrogens with zero attached hydrogens (tertiary/aromatic N) is 4. The largest absolute Gasteiger partial charge is 0.379 e. The summed E-state index contributed by atoms with van der Waals surface area (Å²) in [5.74, 6) is -0.139. The molecule has 7 heteroatoms. The van der Waals surface area contributed by atoms with Gasteiger partial charge in [-0.2, -0.15) is 5.10 Å². The molecule has 23 heavy (non-hydrogen) atoms. The summed E-state index contributed by atoms with van der Waals surface area (Å²) in [7, 11) is 0. The molecule has 1 fully saturated rings. The quantitative estimate of drug-likeness (QED) is 0.863. The van der Waals surface area contributed by atoms with E-state index in [2.05, 4.69) is 34.1 Å². The summed E-state index contributed by atoms with van der Waals surface area (Å²) >= 11 is 0. The Labute approximate surface area is 135 Å². The molecule has 0 saturated carbocycles. The normalized spacial score (nSPS) is 18.0. The van der Waals surface area contributed by atoms with Crippen molar-refractivity contribution in [3.8, 4) is 0 Å². The highest BCUT2D eigenvalue weighted by Gasteiger charge is 2.21. The predicted molar refractivity (Wildman–Crippen MR) is 86.3 cm³/mol. The lowest BCUT2D eigenvalue weighted by atomic mass is 10.2. The van der Waals surface area contributed by atoms with Crippen LogP contribution in [0.1, 0.15) is 36.2 Å². The lowest BCUT2D eigenvalue weighted by Crippen LogP contribution is -2.35. The summed E-state index contributed by atoms with van der Waals surface area (Å²) in [6.07, 6.45) is 6.20. The molecule has 1 atom stereocenters. The van der Waals surface area contributed by atoms with E-state index in [1.807, 2.05) is 12.4 Å². The standard InChI is InChI=1S/C16H23N5O2/c1-3-20(4-2)9-12-7-17-15-14(8-18-21(15)10-12)16(22)19-13-5-6-23-11-13/h7-8,10,13H,3-6,9,11H2,1-2H3,(H,19,22)/t13-/m1/s1. The lowest BCUT2D eigenvalue weighted by molar-refractivity contribution is 0.0931. The minimum Gasteiger partial charge on any atom is -0.379 e. The van der Waals surface area contributed by atoms with E-state index in [0.717, 1.165) is 31.6 Å². The molecular formula is C16H23N5O2. The van der Waals surface area contributed by atoms with Crippen molar-refractivity contribution in [3.05, 3.63) is 29.7 Å². The van der Waals surface area contributed by atoms with Crippen LogP contribution >= 0.6 is 0 Å². The summed E-state index contributed by atoms with van der Waals surface area (Å²) in [4.78, 5) is 19.1. The van der Waals surface area contributed by atoms with Gasteiger partial charge in [-0.25, -0.2) is 9.50 Å². The fraction of sp³-hybridized carbons (Fsp3) is 0.562. The van der Waals surface area contributed by atoms with Crippen LogP contribution < -0.4 is 5.32 Å². The summed E-state index contributed by atoms with van der Waals surface area (Å²) in [6.45, 7) is 8.36. The average Bonchev–Trinajstić information content (AvgIpc) is 3.21. The molecule has 2 aromatic heterocycles. The number of carbonyl (C=O) groups excluding carboxylic acids is 1. The zero-order chi connectivity index (χ0) is 16.2. The molecule has 0 aliphatic carbocycles. The number of aromatic nitrogens is 3. The Hall–Kier alpha value is -1.99. The Morgan fingerprint density at radius 3 is 2.96 bits per heavy atom. The van der Waals surface area contributed by atoms with E-state index in [1.165, 1.54) is 0 Å². The predicted octanol–water partition coefficient (Wildman–Crippen LogP) is 1.09. The van der Waals surface area contributed by atoms with E-state index in [1.54, 1.807) is 10.7 Å². The van der Waals surface area contributed by atoms with E-state index >= 15 is 0 Å². The number of hydrogen-bond acceptors (Lipinski definition) is 5. The molecule has 1 aliphatic rings. The zero-order valence-corrected chi connectivity index (χ0v) is 13.7. The third kappa shape index (κ3) is 3.51. The van der Waals surface area contributed by atoms with E-state index in [4.69, 9.17) is 4.74 Å². The number of fused-ring (bicyclic) bond motifs is 1. The third-order valence-corrected chi connectivity index (χ3v) is 4.22. The first-order valence-corrected chi connectivity index (χ1v) is 8.14. The minimum absolute atomic E-state index is 0.0828. The molecule has 0 bridgehead atoms. The Bertz CT molecular complexity index is 674. The molecule has 3 heterocycles. The van der Waals surface area contributed by atoms with Gasteiger partial charge in [0.25, 0.3) is 5.91 Å². The van der Waals surface area contributed by atoms with Crippen molar-refractivity contribution in [2.75, 3.05) is 26.3 Å². The molecule has 1 amide bonds. The number of hydrogen-bond donors (Lipinski definition) is 1. The summed E-state index contributed by atoms with van der Waals surface area (Å²) in [5, 5.41) is 7.25. The van der Waals surface area contributed by atoms with Crippen LogP contribution in [0.5, 0.6) is 0 Å². The van der Waals surface area contributed by atoms with Crippen molar-refractivity contribution in [2.45, 2.75) is 32.9 Å². The van der Waals surface area contributed by atoms with Crippen LogP contribution in [0.2, 0.25) is 0 Å². The SMILES string of the molecule is CCN(CC)Cc1cnc2c(C(=O)N[C@@H]3CCOC3)cnn2c1. The molecule has 7 nitrogen and oxygen atoms in total. The third-order valence-electron chi connectivity index (χ3n) is 4.22. The molecule has 3 rings (SSSR count). The van der Waals surface area contributed by atoms with Gasteiger partial charge in [0.2, 0.25) is 0 Å². The van der Waals surface area contributed by atoms with E-state index < -0.39 is 0 Å². The van der Waals surface area contributed by atoms with Crippen LogP contribution in [0.3, 0.4) is 0 Å². The first-order valence-electron chi connectivity index (χ1n) is 8.14. The monoisotopic (exact) mass is 317 g/mol. The van der Waals surface area contributed by atoms with Crippen molar-refractivity contribution < 1.29 is 9.53 Å². The van der Waals surface area contributed by atoms with Gasteiger partial charge in [-0.15, -0.1) is 0 Å². The first-order chi connectivity index (χ1) is 11.2. The molecule has 2 aromatic rings. The van der Waals surface area contributed by atoms with Crippen LogP contribution in [0.15, 0.2) is 18.6 Å². The van der Waals surface area contributed by atoms with E-state index in [9.17, 15) is 4.79 Å². The van der Waals surface area contributed by atoms with Gasteiger partial charge in [0.05, 0.1) is 18.8 Å². The number of ether oxygens (including phenoxy) is 1. The molecule has 124 valence electrons. The molecule has 1 saturated heterocycles. The van der Waals surface area contributed by atoms with Crippen LogP contribution in [0, 0.1) is 0 Å². The Morgan fingerprint density at radius 2 is 2.26 bits per heavy atom. The maximum Gasteiger partial charge on any atom is 0.257 e. The van der Waals surface area contributed by atoms with Gasteiger partial charge in [-0.05, 0) is 19.5 Å². The van der Waals surface area contributed by atoms with Crippen molar-refractivity contribution in [3.63, 3.8) is 0 Å². The van der Waals surface area contributed by atoms with Crippen LogP contribution in [0.25, 0.3) is 5.65 Å². The second-order valence-electron chi connectivity index (χ2n) is 5.78. The second kappa shape index (κ2) is 7.06. The van der Waals surface area contributed by atoms with E-state index in [-0.39, 0.29) is 11.9 Å². The molecule has 0 aromatic carbocycles. The molecule has 0 unspecified atom stereocenters. The molecule has 1 N–H and O–H groups in total. The minimum atomic E-state index is -0.139. The van der Waals surface area contributed by atoms with Gasteiger partial charge >= 0.3 is 0 Å². The molecular weight excluding hydrogens is 294 g/mol. The Morgan fingerprint density at radius 1 is 1.43 bits per heavy atom. The van der Waals surface area contributed by atoms with Gasteiger partial charge in [-0.3, -0.25) is 9.69 Å². The highest BCUT2D eigenvalue weighted by molar-refractivity contribution is 5.99. The van der Waals surface area contributed by atoms with Crippen molar-refractivity contribution in [2.24, 2.45) is 0 Å². The van der Waals surface area contributed by atoms with Gasteiger partial charge in [0.15, 0.2) is 5.65 Å². The second-order valence-corrected chi connectivity index (χ2v) is 5.78. The van der Waals surface area contributed by atoms with E-state index in [0.29, 0.717) is 24.4 Å². The zero-order valence-electron chi connectivity index (χ0n) is 13.7. The van der Waals surface area contributed by atoms with Gasteiger partial charge in [0, 0.05) is 31.1 Å². The lowest BCUT2D eigenvalue weighted by Gasteiger charge is -2.17. The number of carbonyl (C=O) groups is 1. The summed E-state index contributed by atoms with van der Waals surface area (Å²) in [6, 6.07) is 0.0828. The van der Waals surface area contributed by atoms with Gasteiger partial charge in [-0.1, -0.05) is 13.8 Å². The van der Waals surface area contributed by atoms with Crippen LogP contribution in [-0.2, 0) is 11.3 Å². The molecule has 1 aliphatic heterocycles. The van der Waals surface area contributed by atoms with Gasteiger partial charge in [0.1, 0.15) is 5.56 Å². The fourth-order valence-electron chi connectivity index (χ4n) is 2.77. The topological polar surface area (TPSA) is 71.8 Å². The number of rotatable bonds is 6. The number of amides is 1. The maximum absolute atomic E-state index is 12.4. The van der Waals surface area contributed by atoms with Crippen molar-refractivity contribution in [1.82, 2.24) is 24.8 Å². The van der Waals surface area contributed by atoms with Crippen LogP contribution in [0.4, 0.5) is 0 Å². The maximum atomic E-state index is 12.4. The average molecular weight is 317 g/mol. The Kier molecular flexibility index (Phi) is 4.88. The first kappa shape index (κ1) is 15.9. The van der Waals surface area contributed by atoms with Crippen LogP contribution in [-0.4, -0.2) is 57.8 Å². The fourth-order valence-corrected chi connectivity index (χ4v) is 2.77. The Balaban J connectivity index is 1.76. The molecule has 0 spiro atoms. The molecule has 0 radical (unpaired) electrons. The van der Waals surface area contributed by atoms with Crippen molar-refractivity contribution >= 4 is 11.6 Å². The summed E-state index contributed by atoms with van der Waals surface area (Å²) in [5.41, 5.74) is 2.18. The van der Waals surface area contributed by atoms with Crippen molar-refractivity contribution in [1.29, 1.82) is 0 Å². The highest BCUT2D eigenvalue weighted by atomic mass is 16.5. The number of nitrogens with one attached hydrogen (secondary N) is 1. The highest BCUT2D eigenvalue weighted by Crippen LogP contribution is 2.12. The smallest absolute Gasteiger partial charge is 0.257 e.